The topological polar surface area (TPSA) is 77.0 Å². The first-order chi connectivity index (χ1) is 15.9. The number of piperidine rings is 1. The van der Waals surface area contributed by atoms with Gasteiger partial charge in [-0.25, -0.2) is 14.2 Å². The average Bonchev–Trinajstić information content (AvgIpc) is 3.25. The Kier molecular flexibility index (Phi) is 7.02. The Hall–Kier alpha value is -2.87. The van der Waals surface area contributed by atoms with Crippen LogP contribution in [0.15, 0.2) is 48.7 Å². The third kappa shape index (κ3) is 4.90. The zero-order valence-electron chi connectivity index (χ0n) is 18.5. The van der Waals surface area contributed by atoms with E-state index in [0.29, 0.717) is 39.1 Å². The number of likely N-dealkylation sites (N-methyl/N-ethyl adjacent to an activating group) is 1. The minimum Gasteiger partial charge on any atom is -0.465 e. The predicted molar refractivity (Wildman–Crippen MR) is 124 cm³/mol. The molecule has 1 N–H and O–H groups in total. The zero-order chi connectivity index (χ0) is 23.5. The van der Waals surface area contributed by atoms with Gasteiger partial charge < -0.3 is 19.8 Å². The Labute approximate surface area is 197 Å². The quantitative estimate of drug-likeness (QED) is 0.669. The van der Waals surface area contributed by atoms with E-state index < -0.39 is 12.1 Å². The van der Waals surface area contributed by atoms with Crippen molar-refractivity contribution in [3.8, 4) is 0 Å². The van der Waals surface area contributed by atoms with Gasteiger partial charge in [0.2, 0.25) is 5.91 Å². The van der Waals surface area contributed by atoms with E-state index in [4.69, 9.17) is 11.6 Å². The van der Waals surface area contributed by atoms with E-state index >= 15 is 0 Å². The number of amides is 2. The number of hydrogen-bond donors (Lipinski definition) is 1. The van der Waals surface area contributed by atoms with Crippen molar-refractivity contribution in [1.82, 2.24) is 14.8 Å². The molecule has 4 rings (SSSR count). The molecule has 1 aromatic heterocycles. The summed E-state index contributed by atoms with van der Waals surface area (Å²) < 4.78 is 13.5. The minimum absolute atomic E-state index is 0.0493. The van der Waals surface area contributed by atoms with Crippen LogP contribution < -0.4 is 4.90 Å². The highest BCUT2D eigenvalue weighted by Crippen LogP contribution is 2.35. The van der Waals surface area contributed by atoms with Crippen molar-refractivity contribution in [3.63, 3.8) is 0 Å². The average molecular weight is 475 g/mol. The van der Waals surface area contributed by atoms with Crippen molar-refractivity contribution in [2.24, 2.45) is 5.92 Å². The van der Waals surface area contributed by atoms with Crippen LogP contribution in [-0.4, -0.2) is 76.0 Å². The van der Waals surface area contributed by atoms with Crippen LogP contribution >= 0.6 is 11.6 Å². The van der Waals surface area contributed by atoms with E-state index in [2.05, 4.69) is 9.88 Å². The largest absolute Gasteiger partial charge is 0.465 e. The fourth-order valence-corrected chi connectivity index (χ4v) is 5.40. The standard InChI is InChI=1S/C24H28ClFN4O3/c1-2-30(24(32)33)21-15-29(13-19(21)16-6-8-17(26)9-7-16)23(31)18-10-12-28(14-20(18)25)22-5-3-4-11-27-22/h3-9,11,18-21H,2,10,12-15H2,1H3,(H,32,33)/t18?,19-,20?,21+/m0/s1. The first-order valence-electron chi connectivity index (χ1n) is 11.2. The highest BCUT2D eigenvalue weighted by atomic mass is 35.5. The molecule has 2 amide bonds. The summed E-state index contributed by atoms with van der Waals surface area (Å²) in [5, 5.41) is 9.35. The molecule has 0 radical (unpaired) electrons. The highest BCUT2D eigenvalue weighted by molar-refractivity contribution is 6.22. The molecule has 7 nitrogen and oxygen atoms in total. The van der Waals surface area contributed by atoms with Crippen LogP contribution in [0, 0.1) is 11.7 Å². The molecule has 0 aliphatic carbocycles. The fourth-order valence-electron chi connectivity index (χ4n) is 5.00. The molecule has 0 bridgehead atoms. The van der Waals surface area contributed by atoms with Gasteiger partial charge in [0.05, 0.1) is 17.3 Å². The lowest BCUT2D eigenvalue weighted by Gasteiger charge is -2.37. The number of nitrogens with zero attached hydrogens (tertiary/aromatic N) is 4. The molecule has 2 aliphatic rings. The van der Waals surface area contributed by atoms with Gasteiger partial charge in [-0.05, 0) is 43.2 Å². The molecule has 4 atom stereocenters. The van der Waals surface area contributed by atoms with Crippen LogP contribution in [0.25, 0.3) is 0 Å². The highest BCUT2D eigenvalue weighted by Gasteiger charge is 2.44. The summed E-state index contributed by atoms with van der Waals surface area (Å²) in [5.41, 5.74) is 0.823. The van der Waals surface area contributed by atoms with Crippen LogP contribution in [0.2, 0.25) is 0 Å². The van der Waals surface area contributed by atoms with Gasteiger partial charge in [0.25, 0.3) is 0 Å². The summed E-state index contributed by atoms with van der Waals surface area (Å²) in [6.07, 6.45) is 1.31. The Balaban J connectivity index is 1.50. The number of benzene rings is 1. The molecular formula is C24H28ClFN4O3. The number of hydrogen-bond acceptors (Lipinski definition) is 4. The first-order valence-corrected chi connectivity index (χ1v) is 11.7. The second-order valence-electron chi connectivity index (χ2n) is 8.58. The van der Waals surface area contributed by atoms with E-state index in [1.165, 1.54) is 17.0 Å². The molecule has 2 fully saturated rings. The SMILES string of the molecule is CCN(C(=O)O)[C@@H]1CN(C(=O)C2CCN(c3ccccn3)CC2Cl)C[C@H]1c1ccc(F)cc1. The summed E-state index contributed by atoms with van der Waals surface area (Å²) in [6.45, 7) is 3.95. The molecule has 2 aliphatic heterocycles. The monoisotopic (exact) mass is 474 g/mol. The number of likely N-dealkylation sites (tertiary alicyclic amines) is 1. The zero-order valence-corrected chi connectivity index (χ0v) is 19.2. The van der Waals surface area contributed by atoms with Crippen LogP contribution in [0.5, 0.6) is 0 Å². The van der Waals surface area contributed by atoms with Gasteiger partial charge in [0.1, 0.15) is 11.6 Å². The van der Waals surface area contributed by atoms with Gasteiger partial charge in [-0.2, -0.15) is 0 Å². The molecule has 2 unspecified atom stereocenters. The minimum atomic E-state index is -1.03. The van der Waals surface area contributed by atoms with Gasteiger partial charge in [0.15, 0.2) is 0 Å². The van der Waals surface area contributed by atoms with Gasteiger partial charge in [-0.1, -0.05) is 18.2 Å². The Bertz CT molecular complexity index is 977. The van der Waals surface area contributed by atoms with Gasteiger partial charge in [-0.15, -0.1) is 11.6 Å². The summed E-state index contributed by atoms with van der Waals surface area (Å²) in [7, 11) is 0. The molecule has 9 heteroatoms. The maximum Gasteiger partial charge on any atom is 0.407 e. The Morgan fingerprint density at radius 1 is 1.18 bits per heavy atom. The molecule has 0 saturated carbocycles. The molecule has 176 valence electrons. The lowest BCUT2D eigenvalue weighted by atomic mass is 9.93. The van der Waals surface area contributed by atoms with Gasteiger partial charge >= 0.3 is 6.09 Å². The third-order valence-corrected chi connectivity index (χ3v) is 7.16. The van der Waals surface area contributed by atoms with Crippen molar-refractivity contribution >= 4 is 29.4 Å². The number of pyridine rings is 1. The fraction of sp³-hybridized carbons (Fsp3) is 0.458. The van der Waals surface area contributed by atoms with Crippen molar-refractivity contribution < 1.29 is 19.1 Å². The third-order valence-electron chi connectivity index (χ3n) is 6.72. The number of carbonyl (C=O) groups is 2. The Morgan fingerprint density at radius 3 is 2.55 bits per heavy atom. The van der Waals surface area contributed by atoms with E-state index in [-0.39, 0.29) is 28.9 Å². The van der Waals surface area contributed by atoms with Gasteiger partial charge in [0, 0.05) is 44.8 Å². The van der Waals surface area contributed by atoms with Crippen LogP contribution in [0.1, 0.15) is 24.8 Å². The number of halogens is 2. The molecule has 0 spiro atoms. The molecule has 2 aromatic rings. The second kappa shape index (κ2) is 9.95. The van der Waals surface area contributed by atoms with E-state index in [1.54, 1.807) is 30.2 Å². The van der Waals surface area contributed by atoms with Crippen LogP contribution in [-0.2, 0) is 4.79 Å². The van der Waals surface area contributed by atoms with E-state index in [0.717, 1.165) is 11.4 Å². The lowest BCUT2D eigenvalue weighted by Crippen LogP contribution is -2.49. The van der Waals surface area contributed by atoms with Crippen molar-refractivity contribution in [2.75, 3.05) is 37.6 Å². The van der Waals surface area contributed by atoms with E-state index in [9.17, 15) is 19.1 Å². The van der Waals surface area contributed by atoms with Crippen molar-refractivity contribution in [2.45, 2.75) is 30.7 Å². The summed E-state index contributed by atoms with van der Waals surface area (Å²) >= 11 is 6.68. The van der Waals surface area contributed by atoms with Gasteiger partial charge in [-0.3, -0.25) is 4.79 Å². The maximum atomic E-state index is 13.5. The molecular weight excluding hydrogens is 447 g/mol. The smallest absolute Gasteiger partial charge is 0.407 e. The number of anilines is 1. The number of alkyl halides is 1. The maximum absolute atomic E-state index is 13.5. The number of carbonyl (C=O) groups excluding carboxylic acids is 1. The van der Waals surface area contributed by atoms with Crippen molar-refractivity contribution in [1.29, 1.82) is 0 Å². The Morgan fingerprint density at radius 2 is 1.94 bits per heavy atom. The molecule has 2 saturated heterocycles. The number of aromatic nitrogens is 1. The van der Waals surface area contributed by atoms with Crippen LogP contribution in [0.4, 0.5) is 15.0 Å². The summed E-state index contributed by atoms with van der Waals surface area (Å²) in [5.74, 6) is -0.137. The normalized spacial score (nSPS) is 25.2. The molecule has 1 aromatic carbocycles. The summed E-state index contributed by atoms with van der Waals surface area (Å²) in [4.78, 5) is 34.9. The second-order valence-corrected chi connectivity index (χ2v) is 9.14. The van der Waals surface area contributed by atoms with Crippen molar-refractivity contribution in [3.05, 3.63) is 60.0 Å². The number of carboxylic acid groups (broad SMARTS) is 1. The molecule has 33 heavy (non-hydrogen) atoms. The first kappa shape index (κ1) is 23.3. The lowest BCUT2D eigenvalue weighted by molar-refractivity contribution is -0.135. The summed E-state index contributed by atoms with van der Waals surface area (Å²) in [6, 6.07) is 11.4. The molecule has 3 heterocycles. The van der Waals surface area contributed by atoms with E-state index in [1.807, 2.05) is 18.2 Å². The predicted octanol–water partition coefficient (Wildman–Crippen LogP) is 3.65. The van der Waals surface area contributed by atoms with Crippen LogP contribution in [0.3, 0.4) is 0 Å². The number of rotatable bonds is 5.